The van der Waals surface area contributed by atoms with Gasteiger partial charge in [0.2, 0.25) is 0 Å². The Morgan fingerprint density at radius 3 is 1.76 bits per heavy atom. The minimum absolute atomic E-state index is 0.0385. The van der Waals surface area contributed by atoms with Gasteiger partial charge in [0.25, 0.3) is 0 Å². The molecule has 0 aromatic heterocycles. The molecule has 4 heteroatoms. The fourth-order valence-electron chi connectivity index (χ4n) is 2.43. The monoisotopic (exact) mass is 300 g/mol. The summed E-state index contributed by atoms with van der Waals surface area (Å²) in [6.07, 6.45) is 10.00. The van der Waals surface area contributed by atoms with Crippen LogP contribution in [0.2, 0.25) is 0 Å². The predicted octanol–water partition coefficient (Wildman–Crippen LogP) is 4.40. The maximum atomic E-state index is 10.9. The molecular weight excluding hydrogens is 268 g/mol. The first-order chi connectivity index (χ1) is 9.95. The summed E-state index contributed by atoms with van der Waals surface area (Å²) in [5.41, 5.74) is 0. The third-order valence-corrected chi connectivity index (χ3v) is 3.54. The Balaban J connectivity index is 3.39. The van der Waals surface area contributed by atoms with Gasteiger partial charge in [-0.15, -0.1) is 0 Å². The van der Waals surface area contributed by atoms with Gasteiger partial charge in [-0.05, 0) is 39.0 Å². The maximum Gasteiger partial charge on any atom is 0.302 e. The summed E-state index contributed by atoms with van der Waals surface area (Å²) in [7, 11) is 0. The lowest BCUT2D eigenvalue weighted by Crippen LogP contribution is -2.14. The Morgan fingerprint density at radius 1 is 0.810 bits per heavy atom. The number of hydrogen-bond acceptors (Lipinski definition) is 4. The molecule has 0 saturated heterocycles. The molecule has 0 spiro atoms. The number of esters is 2. The molecule has 0 rings (SSSR count). The van der Waals surface area contributed by atoms with Crippen molar-refractivity contribution < 1.29 is 19.1 Å². The minimum atomic E-state index is -0.194. The fraction of sp³-hybridized carbons (Fsp3) is 0.882. The molecule has 0 amide bonds. The van der Waals surface area contributed by atoms with Crippen LogP contribution in [0.25, 0.3) is 0 Å². The molecule has 0 aromatic carbocycles. The van der Waals surface area contributed by atoms with Crippen molar-refractivity contribution in [3.05, 3.63) is 0 Å². The van der Waals surface area contributed by atoms with Crippen molar-refractivity contribution >= 4 is 11.9 Å². The molecule has 0 aliphatic heterocycles. The number of carbonyl (C=O) groups is 2. The van der Waals surface area contributed by atoms with Crippen LogP contribution in [0.15, 0.2) is 0 Å². The fourth-order valence-corrected chi connectivity index (χ4v) is 2.43. The Morgan fingerprint density at radius 2 is 1.29 bits per heavy atom. The van der Waals surface area contributed by atoms with Crippen molar-refractivity contribution in [1.29, 1.82) is 0 Å². The van der Waals surface area contributed by atoms with Crippen LogP contribution in [-0.4, -0.2) is 24.1 Å². The van der Waals surface area contributed by atoms with Gasteiger partial charge in [-0.1, -0.05) is 32.6 Å². The van der Waals surface area contributed by atoms with Gasteiger partial charge in [0.05, 0.1) is 6.10 Å². The lowest BCUT2D eigenvalue weighted by atomic mass is 10.0. The zero-order valence-corrected chi connectivity index (χ0v) is 14.2. The van der Waals surface area contributed by atoms with E-state index in [0.29, 0.717) is 0 Å². The summed E-state index contributed by atoms with van der Waals surface area (Å²) in [5, 5.41) is 0. The highest BCUT2D eigenvalue weighted by Crippen LogP contribution is 2.14. The average molecular weight is 300 g/mol. The zero-order valence-electron chi connectivity index (χ0n) is 14.2. The van der Waals surface area contributed by atoms with E-state index in [1.54, 1.807) is 0 Å². The smallest absolute Gasteiger partial charge is 0.302 e. The molecule has 0 aliphatic rings. The third kappa shape index (κ3) is 13.7. The van der Waals surface area contributed by atoms with E-state index in [1.807, 2.05) is 6.92 Å². The number of ether oxygens (including phenoxy) is 2. The summed E-state index contributed by atoms with van der Waals surface area (Å²) < 4.78 is 10.3. The Bertz CT molecular complexity index is 289. The van der Waals surface area contributed by atoms with Crippen molar-refractivity contribution in [2.24, 2.45) is 0 Å². The molecular formula is C17H32O4. The van der Waals surface area contributed by atoms with Gasteiger partial charge in [0.1, 0.15) is 6.10 Å². The lowest BCUT2D eigenvalue weighted by molar-refractivity contribution is -0.147. The topological polar surface area (TPSA) is 52.6 Å². The SMILES string of the molecule is CC[C@@H](CCCCCCCC[C@H](C)OC(C)=O)OC(C)=O. The molecule has 0 unspecified atom stereocenters. The number of unbranched alkanes of at least 4 members (excludes halogenated alkanes) is 5. The highest BCUT2D eigenvalue weighted by molar-refractivity contribution is 5.66. The maximum absolute atomic E-state index is 10.9. The standard InChI is InChI=1S/C17H32O4/c1-5-17(21-16(4)19)13-11-9-7-6-8-10-12-14(2)20-15(3)18/h14,17H,5-13H2,1-4H3/t14-,17-/m0/s1. The Labute approximate surface area is 129 Å². The van der Waals surface area contributed by atoms with Crippen LogP contribution >= 0.6 is 0 Å². The molecule has 0 aromatic rings. The van der Waals surface area contributed by atoms with Crippen LogP contribution in [0.4, 0.5) is 0 Å². The molecule has 0 aliphatic carbocycles. The second-order valence-electron chi connectivity index (χ2n) is 5.76. The number of carbonyl (C=O) groups excluding carboxylic acids is 2. The van der Waals surface area contributed by atoms with Crippen molar-refractivity contribution in [2.45, 2.75) is 97.7 Å². The van der Waals surface area contributed by atoms with Gasteiger partial charge in [0.15, 0.2) is 0 Å². The van der Waals surface area contributed by atoms with E-state index in [9.17, 15) is 9.59 Å². The summed E-state index contributed by atoms with van der Waals surface area (Å²) in [4.78, 5) is 21.6. The summed E-state index contributed by atoms with van der Waals surface area (Å²) in [5.74, 6) is -0.371. The quantitative estimate of drug-likeness (QED) is 0.396. The van der Waals surface area contributed by atoms with Crippen LogP contribution < -0.4 is 0 Å². The predicted molar refractivity (Wildman–Crippen MR) is 84.0 cm³/mol. The highest BCUT2D eigenvalue weighted by Gasteiger charge is 2.08. The van der Waals surface area contributed by atoms with E-state index >= 15 is 0 Å². The third-order valence-electron chi connectivity index (χ3n) is 3.54. The molecule has 0 saturated carbocycles. The second-order valence-corrected chi connectivity index (χ2v) is 5.76. The van der Waals surface area contributed by atoms with Crippen LogP contribution in [-0.2, 0) is 19.1 Å². The molecule has 0 fully saturated rings. The summed E-state index contributed by atoms with van der Waals surface area (Å²) in [6, 6.07) is 0. The van der Waals surface area contributed by atoms with Crippen molar-refractivity contribution in [2.75, 3.05) is 0 Å². The Kier molecular flexibility index (Phi) is 12.0. The number of rotatable bonds is 12. The molecule has 2 atom stereocenters. The first-order valence-electron chi connectivity index (χ1n) is 8.30. The van der Waals surface area contributed by atoms with Crippen molar-refractivity contribution in [3.63, 3.8) is 0 Å². The van der Waals surface area contributed by atoms with Crippen LogP contribution in [0.5, 0.6) is 0 Å². The van der Waals surface area contributed by atoms with Gasteiger partial charge < -0.3 is 9.47 Å². The van der Waals surface area contributed by atoms with E-state index in [-0.39, 0.29) is 24.1 Å². The minimum Gasteiger partial charge on any atom is -0.463 e. The largest absolute Gasteiger partial charge is 0.463 e. The normalized spacial score (nSPS) is 13.5. The molecule has 0 bridgehead atoms. The highest BCUT2D eigenvalue weighted by atomic mass is 16.5. The molecule has 0 heterocycles. The lowest BCUT2D eigenvalue weighted by Gasteiger charge is -2.14. The van der Waals surface area contributed by atoms with Gasteiger partial charge in [0, 0.05) is 13.8 Å². The first kappa shape index (κ1) is 19.9. The van der Waals surface area contributed by atoms with Gasteiger partial charge in [-0.25, -0.2) is 0 Å². The van der Waals surface area contributed by atoms with E-state index in [2.05, 4.69) is 6.92 Å². The van der Waals surface area contributed by atoms with Gasteiger partial charge in [-0.2, -0.15) is 0 Å². The molecule has 124 valence electrons. The van der Waals surface area contributed by atoms with Crippen LogP contribution in [0.1, 0.15) is 85.5 Å². The molecule has 0 N–H and O–H groups in total. The summed E-state index contributed by atoms with van der Waals surface area (Å²) in [6.45, 7) is 6.93. The number of hydrogen-bond donors (Lipinski definition) is 0. The molecule has 21 heavy (non-hydrogen) atoms. The Hall–Kier alpha value is -1.06. The van der Waals surface area contributed by atoms with E-state index in [0.717, 1.165) is 32.1 Å². The van der Waals surface area contributed by atoms with E-state index < -0.39 is 0 Å². The van der Waals surface area contributed by atoms with Gasteiger partial charge in [-0.3, -0.25) is 9.59 Å². The van der Waals surface area contributed by atoms with Crippen molar-refractivity contribution in [1.82, 2.24) is 0 Å². The summed E-state index contributed by atoms with van der Waals surface area (Å²) >= 11 is 0. The van der Waals surface area contributed by atoms with E-state index in [1.165, 1.54) is 39.5 Å². The molecule has 4 nitrogen and oxygen atoms in total. The van der Waals surface area contributed by atoms with Gasteiger partial charge >= 0.3 is 11.9 Å². The average Bonchev–Trinajstić information content (AvgIpc) is 2.39. The molecule has 0 radical (unpaired) electrons. The second kappa shape index (κ2) is 12.7. The van der Waals surface area contributed by atoms with E-state index in [4.69, 9.17) is 9.47 Å². The van der Waals surface area contributed by atoms with Crippen LogP contribution in [0, 0.1) is 0 Å². The van der Waals surface area contributed by atoms with Crippen molar-refractivity contribution in [3.8, 4) is 0 Å². The first-order valence-corrected chi connectivity index (χ1v) is 8.30. The zero-order chi connectivity index (χ0) is 16.1. The van der Waals surface area contributed by atoms with Crippen LogP contribution in [0.3, 0.4) is 0 Å².